The molecule has 17 heavy (non-hydrogen) atoms. The molecule has 1 unspecified atom stereocenters. The lowest BCUT2D eigenvalue weighted by Crippen LogP contribution is -2.08. The number of carbonyl (C=O) groups is 1. The van der Waals surface area contributed by atoms with E-state index in [0.29, 0.717) is 5.78 Å². The number of fused-ring (bicyclic) bond motifs is 1. The topological polar surface area (TPSA) is 17.1 Å². The number of hydrogen-bond donors (Lipinski definition) is 0. The van der Waals surface area contributed by atoms with Crippen molar-refractivity contribution < 1.29 is 4.79 Å². The molecule has 0 spiro atoms. The van der Waals surface area contributed by atoms with Crippen LogP contribution in [0.25, 0.3) is 0 Å². The van der Waals surface area contributed by atoms with Crippen molar-refractivity contribution in [3.05, 3.63) is 35.4 Å². The number of unbranched alkanes of at least 4 members (excludes halogenated alkanes) is 4. The lowest BCUT2D eigenvalue weighted by molar-refractivity contribution is 0.0929. The maximum Gasteiger partial charge on any atom is 0.166 e. The predicted octanol–water partition coefficient (Wildman–Crippen LogP) is 4.40. The second-order valence-corrected chi connectivity index (χ2v) is 5.13. The molecule has 1 aromatic carbocycles. The number of Topliss-reactive ketones (excluding diaryl/α,β-unsaturated/α-hetero) is 1. The first kappa shape index (κ1) is 12.3. The van der Waals surface area contributed by atoms with Crippen molar-refractivity contribution >= 4 is 5.78 Å². The maximum absolute atomic E-state index is 12.1. The molecule has 1 aliphatic rings. The number of carbonyl (C=O) groups excluding carboxylic acids is 1. The summed E-state index contributed by atoms with van der Waals surface area (Å²) in [5.74, 6) is 0.658. The standard InChI is InChI=1S/C16H22O/c1-2-3-4-5-6-10-14-12-13-9-7-8-11-15(13)16(14)17/h7-9,11,14H,2-6,10,12H2,1H3. The Morgan fingerprint density at radius 2 is 1.88 bits per heavy atom. The van der Waals surface area contributed by atoms with E-state index < -0.39 is 0 Å². The molecule has 1 heteroatoms. The molecule has 0 radical (unpaired) electrons. The van der Waals surface area contributed by atoms with Crippen LogP contribution in [0.5, 0.6) is 0 Å². The third-order valence-electron chi connectivity index (χ3n) is 3.78. The van der Waals surface area contributed by atoms with E-state index in [1.807, 2.05) is 18.2 Å². The van der Waals surface area contributed by atoms with Crippen LogP contribution >= 0.6 is 0 Å². The van der Waals surface area contributed by atoms with Crippen LogP contribution < -0.4 is 0 Å². The molecular formula is C16H22O. The van der Waals surface area contributed by atoms with E-state index in [4.69, 9.17) is 0 Å². The molecule has 0 saturated carbocycles. The largest absolute Gasteiger partial charge is 0.294 e. The molecule has 1 aliphatic carbocycles. The normalized spacial score (nSPS) is 18.4. The summed E-state index contributed by atoms with van der Waals surface area (Å²) >= 11 is 0. The van der Waals surface area contributed by atoms with Gasteiger partial charge in [-0.05, 0) is 18.4 Å². The smallest absolute Gasteiger partial charge is 0.166 e. The molecule has 0 N–H and O–H groups in total. The van der Waals surface area contributed by atoms with Crippen molar-refractivity contribution in [2.75, 3.05) is 0 Å². The number of hydrogen-bond acceptors (Lipinski definition) is 1. The summed E-state index contributed by atoms with van der Waals surface area (Å²) in [6.07, 6.45) is 8.50. The summed E-state index contributed by atoms with van der Waals surface area (Å²) in [4.78, 5) is 12.1. The first-order valence-electron chi connectivity index (χ1n) is 6.95. The Bertz CT molecular complexity index is 381. The Balaban J connectivity index is 1.80. The predicted molar refractivity (Wildman–Crippen MR) is 71.3 cm³/mol. The second-order valence-electron chi connectivity index (χ2n) is 5.13. The van der Waals surface area contributed by atoms with Crippen LogP contribution in [-0.4, -0.2) is 5.78 Å². The van der Waals surface area contributed by atoms with Crippen molar-refractivity contribution in [3.8, 4) is 0 Å². The molecule has 0 heterocycles. The van der Waals surface area contributed by atoms with Gasteiger partial charge < -0.3 is 0 Å². The fraction of sp³-hybridized carbons (Fsp3) is 0.562. The van der Waals surface area contributed by atoms with Crippen molar-refractivity contribution in [1.82, 2.24) is 0 Å². The fourth-order valence-corrected chi connectivity index (χ4v) is 2.74. The van der Waals surface area contributed by atoms with Gasteiger partial charge in [-0.3, -0.25) is 4.79 Å². The van der Waals surface area contributed by atoms with Gasteiger partial charge in [0.15, 0.2) is 5.78 Å². The maximum atomic E-state index is 12.1. The highest BCUT2D eigenvalue weighted by Gasteiger charge is 2.29. The van der Waals surface area contributed by atoms with E-state index in [9.17, 15) is 4.79 Å². The minimum absolute atomic E-state index is 0.272. The summed E-state index contributed by atoms with van der Waals surface area (Å²) in [7, 11) is 0. The minimum Gasteiger partial charge on any atom is -0.294 e. The van der Waals surface area contributed by atoms with Crippen LogP contribution in [0.1, 0.15) is 61.4 Å². The van der Waals surface area contributed by atoms with Gasteiger partial charge in [0.1, 0.15) is 0 Å². The highest BCUT2D eigenvalue weighted by molar-refractivity contribution is 6.02. The average Bonchev–Trinajstić information content (AvgIpc) is 2.67. The van der Waals surface area contributed by atoms with E-state index in [0.717, 1.165) is 18.4 Å². The first-order chi connectivity index (χ1) is 8.33. The second kappa shape index (κ2) is 6.00. The highest BCUT2D eigenvalue weighted by atomic mass is 16.1. The minimum atomic E-state index is 0.272. The lowest BCUT2D eigenvalue weighted by Gasteiger charge is -2.07. The van der Waals surface area contributed by atoms with Crippen molar-refractivity contribution in [3.63, 3.8) is 0 Å². The van der Waals surface area contributed by atoms with Gasteiger partial charge in [-0.2, -0.15) is 0 Å². The molecule has 0 bridgehead atoms. The summed E-state index contributed by atoms with van der Waals surface area (Å²) in [6, 6.07) is 8.09. The molecule has 1 nitrogen and oxygen atoms in total. The lowest BCUT2D eigenvalue weighted by atomic mass is 9.97. The zero-order valence-corrected chi connectivity index (χ0v) is 10.7. The number of benzene rings is 1. The van der Waals surface area contributed by atoms with Crippen molar-refractivity contribution in [2.45, 2.75) is 51.9 Å². The van der Waals surface area contributed by atoms with E-state index in [-0.39, 0.29) is 5.92 Å². The average molecular weight is 230 g/mol. The monoisotopic (exact) mass is 230 g/mol. The molecule has 0 saturated heterocycles. The van der Waals surface area contributed by atoms with Crippen LogP contribution in [0.15, 0.2) is 24.3 Å². The third-order valence-corrected chi connectivity index (χ3v) is 3.78. The Morgan fingerprint density at radius 1 is 1.12 bits per heavy atom. The molecular weight excluding hydrogens is 208 g/mol. The van der Waals surface area contributed by atoms with Gasteiger partial charge in [0.2, 0.25) is 0 Å². The van der Waals surface area contributed by atoms with Gasteiger partial charge >= 0.3 is 0 Å². The van der Waals surface area contributed by atoms with Gasteiger partial charge in [-0.1, -0.05) is 63.3 Å². The Morgan fingerprint density at radius 3 is 2.65 bits per heavy atom. The van der Waals surface area contributed by atoms with E-state index in [1.54, 1.807) is 0 Å². The molecule has 92 valence electrons. The Hall–Kier alpha value is -1.11. The third kappa shape index (κ3) is 2.96. The van der Waals surface area contributed by atoms with E-state index in [2.05, 4.69) is 13.0 Å². The van der Waals surface area contributed by atoms with Gasteiger partial charge in [-0.15, -0.1) is 0 Å². The summed E-state index contributed by atoms with van der Waals surface area (Å²) in [6.45, 7) is 2.23. The number of rotatable bonds is 6. The summed E-state index contributed by atoms with van der Waals surface area (Å²) in [5, 5.41) is 0. The molecule has 1 atom stereocenters. The highest BCUT2D eigenvalue weighted by Crippen LogP contribution is 2.29. The van der Waals surface area contributed by atoms with Gasteiger partial charge in [-0.25, -0.2) is 0 Å². The zero-order valence-electron chi connectivity index (χ0n) is 10.7. The van der Waals surface area contributed by atoms with Crippen molar-refractivity contribution in [2.24, 2.45) is 5.92 Å². The summed E-state index contributed by atoms with van der Waals surface area (Å²) < 4.78 is 0. The quantitative estimate of drug-likeness (QED) is 0.662. The molecule has 0 amide bonds. The Kier molecular flexibility index (Phi) is 4.36. The van der Waals surface area contributed by atoms with Crippen LogP contribution in [0.4, 0.5) is 0 Å². The Labute approximate surface area is 104 Å². The molecule has 2 rings (SSSR count). The fourth-order valence-electron chi connectivity index (χ4n) is 2.74. The zero-order chi connectivity index (χ0) is 12.1. The van der Waals surface area contributed by atoms with Crippen molar-refractivity contribution in [1.29, 1.82) is 0 Å². The molecule has 0 aliphatic heterocycles. The first-order valence-corrected chi connectivity index (χ1v) is 6.95. The van der Waals surface area contributed by atoms with Crippen LogP contribution in [0.3, 0.4) is 0 Å². The van der Waals surface area contributed by atoms with Crippen LogP contribution in [-0.2, 0) is 6.42 Å². The van der Waals surface area contributed by atoms with Crippen LogP contribution in [0, 0.1) is 5.92 Å². The summed E-state index contributed by atoms with van der Waals surface area (Å²) in [5.41, 5.74) is 2.24. The van der Waals surface area contributed by atoms with E-state index in [1.165, 1.54) is 37.7 Å². The molecule has 1 aromatic rings. The van der Waals surface area contributed by atoms with Gasteiger partial charge in [0.05, 0.1) is 0 Å². The van der Waals surface area contributed by atoms with Gasteiger partial charge in [0.25, 0.3) is 0 Å². The van der Waals surface area contributed by atoms with E-state index >= 15 is 0 Å². The SMILES string of the molecule is CCCCCCCC1Cc2ccccc2C1=O. The number of ketones is 1. The van der Waals surface area contributed by atoms with Gasteiger partial charge in [0, 0.05) is 11.5 Å². The van der Waals surface area contributed by atoms with Crippen LogP contribution in [0.2, 0.25) is 0 Å². The molecule has 0 fully saturated rings. The molecule has 0 aromatic heterocycles.